The molecule has 0 radical (unpaired) electrons. The summed E-state index contributed by atoms with van der Waals surface area (Å²) in [5.74, 6) is 0. The van der Waals surface area contributed by atoms with Crippen LogP contribution in [0.25, 0.3) is 0 Å². The number of thioether (sulfide) groups is 1. The van der Waals surface area contributed by atoms with Gasteiger partial charge in [-0.05, 0) is 31.8 Å². The molecular formula is C11H15NS. The van der Waals surface area contributed by atoms with Crippen LogP contribution in [0, 0.1) is 0 Å². The van der Waals surface area contributed by atoms with Gasteiger partial charge in [-0.25, -0.2) is 0 Å². The van der Waals surface area contributed by atoms with Crippen LogP contribution in [-0.2, 0) is 0 Å². The first-order valence-corrected chi connectivity index (χ1v) is 6.18. The molecule has 3 rings (SSSR count). The summed E-state index contributed by atoms with van der Waals surface area (Å²) in [5, 5.41) is 1.60. The molecule has 0 amide bonds. The largest absolute Gasteiger partial charge is 0.362 e. The predicted octanol–water partition coefficient (Wildman–Crippen LogP) is 2.76. The zero-order chi connectivity index (χ0) is 8.67. The Morgan fingerprint density at radius 2 is 2.38 bits per heavy atom. The number of allylic oxidation sites excluding steroid dienone is 3. The maximum absolute atomic E-state index is 2.64. The Labute approximate surface area is 83.9 Å². The van der Waals surface area contributed by atoms with E-state index in [0.717, 1.165) is 10.6 Å². The first-order chi connectivity index (χ1) is 6.45. The third-order valence-electron chi connectivity index (χ3n) is 3.18. The van der Waals surface area contributed by atoms with Crippen molar-refractivity contribution in [1.82, 2.24) is 4.90 Å². The van der Waals surface area contributed by atoms with E-state index in [4.69, 9.17) is 0 Å². The molecule has 70 valence electrons. The van der Waals surface area contributed by atoms with Crippen LogP contribution in [0.4, 0.5) is 0 Å². The zero-order valence-electron chi connectivity index (χ0n) is 7.78. The van der Waals surface area contributed by atoms with Gasteiger partial charge in [0.15, 0.2) is 0 Å². The topological polar surface area (TPSA) is 3.24 Å². The highest BCUT2D eigenvalue weighted by molar-refractivity contribution is 8.01. The van der Waals surface area contributed by atoms with E-state index in [1.54, 1.807) is 5.70 Å². The lowest BCUT2D eigenvalue weighted by atomic mass is 10.1. The Bertz CT molecular complexity index is 269. The minimum atomic E-state index is 0.785. The summed E-state index contributed by atoms with van der Waals surface area (Å²) in [6.45, 7) is 1.30. The molecule has 2 saturated heterocycles. The van der Waals surface area contributed by atoms with Gasteiger partial charge in [0.25, 0.3) is 0 Å². The zero-order valence-corrected chi connectivity index (χ0v) is 8.59. The van der Waals surface area contributed by atoms with Crippen LogP contribution in [0.2, 0.25) is 0 Å². The average molecular weight is 193 g/mol. The van der Waals surface area contributed by atoms with Crippen LogP contribution in [0.3, 0.4) is 0 Å². The normalized spacial score (nSPS) is 36.9. The number of hydrogen-bond acceptors (Lipinski definition) is 2. The van der Waals surface area contributed by atoms with Gasteiger partial charge in [0, 0.05) is 12.2 Å². The predicted molar refractivity (Wildman–Crippen MR) is 57.6 cm³/mol. The van der Waals surface area contributed by atoms with Gasteiger partial charge in [0.05, 0.1) is 10.6 Å². The van der Waals surface area contributed by atoms with Gasteiger partial charge in [-0.2, -0.15) is 0 Å². The fraction of sp³-hybridized carbons (Fsp3) is 0.636. The Balaban J connectivity index is 1.89. The molecule has 0 saturated carbocycles. The minimum absolute atomic E-state index is 0.785. The lowest BCUT2D eigenvalue weighted by Gasteiger charge is -2.31. The maximum Gasteiger partial charge on any atom is 0.0755 e. The molecule has 2 heterocycles. The molecule has 0 aromatic rings. The van der Waals surface area contributed by atoms with Crippen molar-refractivity contribution < 1.29 is 0 Å². The summed E-state index contributed by atoms with van der Waals surface area (Å²) in [6.07, 6.45) is 12.3. The monoisotopic (exact) mass is 193 g/mol. The third kappa shape index (κ3) is 1.23. The molecule has 1 aliphatic carbocycles. The van der Waals surface area contributed by atoms with E-state index >= 15 is 0 Å². The number of rotatable bonds is 0. The Morgan fingerprint density at radius 3 is 3.38 bits per heavy atom. The highest BCUT2D eigenvalue weighted by atomic mass is 32.2. The molecule has 2 atom stereocenters. The van der Waals surface area contributed by atoms with E-state index in [1.165, 1.54) is 32.2 Å². The van der Waals surface area contributed by atoms with Gasteiger partial charge in [-0.15, -0.1) is 11.8 Å². The van der Waals surface area contributed by atoms with E-state index in [0.29, 0.717) is 0 Å². The van der Waals surface area contributed by atoms with Crippen LogP contribution in [0.15, 0.2) is 23.9 Å². The number of fused-ring (bicyclic) bond motifs is 3. The molecule has 2 fully saturated rings. The second-order valence-electron chi connectivity index (χ2n) is 4.02. The van der Waals surface area contributed by atoms with Gasteiger partial charge < -0.3 is 4.90 Å². The average Bonchev–Trinajstić information content (AvgIpc) is 2.56. The third-order valence-corrected chi connectivity index (χ3v) is 4.75. The van der Waals surface area contributed by atoms with Crippen molar-refractivity contribution in [3.8, 4) is 0 Å². The van der Waals surface area contributed by atoms with Crippen molar-refractivity contribution in [2.24, 2.45) is 0 Å². The summed E-state index contributed by atoms with van der Waals surface area (Å²) in [6, 6.07) is 0. The molecule has 0 aromatic carbocycles. The van der Waals surface area contributed by atoms with Crippen molar-refractivity contribution in [2.45, 2.75) is 36.3 Å². The molecule has 0 N–H and O–H groups in total. The second-order valence-corrected chi connectivity index (χ2v) is 5.41. The van der Waals surface area contributed by atoms with Gasteiger partial charge in [0.2, 0.25) is 0 Å². The van der Waals surface area contributed by atoms with Crippen molar-refractivity contribution in [3.63, 3.8) is 0 Å². The van der Waals surface area contributed by atoms with E-state index < -0.39 is 0 Å². The van der Waals surface area contributed by atoms with Crippen LogP contribution in [0.1, 0.15) is 25.7 Å². The quantitative estimate of drug-likeness (QED) is 0.582. The van der Waals surface area contributed by atoms with Crippen LogP contribution in [-0.4, -0.2) is 22.1 Å². The summed E-state index contributed by atoms with van der Waals surface area (Å²) in [4.78, 5) is 2.64. The molecule has 0 aromatic heterocycles. The van der Waals surface area contributed by atoms with Gasteiger partial charge in [-0.1, -0.05) is 12.2 Å². The Morgan fingerprint density at radius 1 is 1.38 bits per heavy atom. The molecular weight excluding hydrogens is 178 g/mol. The molecule has 2 unspecified atom stereocenters. The summed E-state index contributed by atoms with van der Waals surface area (Å²) in [5.41, 5.74) is 1.61. The van der Waals surface area contributed by atoms with Crippen LogP contribution in [0.5, 0.6) is 0 Å². The van der Waals surface area contributed by atoms with E-state index in [-0.39, 0.29) is 0 Å². The standard InChI is InChI=1S/C11H15NS/c1-2-6-10-9(5-1)12-8-4-3-7-11(12)13-10/h1-2,5,10-11H,3-4,6-8H2. The summed E-state index contributed by atoms with van der Waals surface area (Å²) < 4.78 is 0. The van der Waals surface area contributed by atoms with Crippen molar-refractivity contribution in [1.29, 1.82) is 0 Å². The molecule has 2 aliphatic heterocycles. The number of hydrogen-bond donors (Lipinski definition) is 0. The van der Waals surface area contributed by atoms with Gasteiger partial charge >= 0.3 is 0 Å². The maximum atomic E-state index is 2.64. The molecule has 1 nitrogen and oxygen atoms in total. The number of nitrogens with zero attached hydrogens (tertiary/aromatic N) is 1. The highest BCUT2D eigenvalue weighted by Crippen LogP contribution is 2.45. The number of piperidine rings is 1. The lowest BCUT2D eigenvalue weighted by Crippen LogP contribution is -2.32. The lowest BCUT2D eigenvalue weighted by molar-refractivity contribution is 0.268. The molecule has 3 aliphatic rings. The first kappa shape index (κ1) is 7.98. The fourth-order valence-corrected chi connectivity index (χ4v) is 4.16. The molecule has 0 spiro atoms. The SMILES string of the molecule is C1=CCC2SC3CCCCN3C2=C1. The van der Waals surface area contributed by atoms with Crippen molar-refractivity contribution >= 4 is 11.8 Å². The summed E-state index contributed by atoms with van der Waals surface area (Å²) >= 11 is 2.18. The second kappa shape index (κ2) is 3.09. The Hall–Kier alpha value is -0.370. The van der Waals surface area contributed by atoms with E-state index in [1.807, 2.05) is 0 Å². The summed E-state index contributed by atoms with van der Waals surface area (Å²) in [7, 11) is 0. The van der Waals surface area contributed by atoms with Crippen LogP contribution < -0.4 is 0 Å². The molecule has 0 bridgehead atoms. The smallest absolute Gasteiger partial charge is 0.0755 e. The fourth-order valence-electron chi connectivity index (χ4n) is 2.53. The molecule has 13 heavy (non-hydrogen) atoms. The molecule has 2 heteroatoms. The van der Waals surface area contributed by atoms with Gasteiger partial charge in [0.1, 0.15) is 0 Å². The highest BCUT2D eigenvalue weighted by Gasteiger charge is 2.37. The van der Waals surface area contributed by atoms with Crippen molar-refractivity contribution in [3.05, 3.63) is 23.9 Å². The van der Waals surface area contributed by atoms with Gasteiger partial charge in [-0.3, -0.25) is 0 Å². The minimum Gasteiger partial charge on any atom is -0.362 e. The van der Waals surface area contributed by atoms with E-state index in [9.17, 15) is 0 Å². The Kier molecular flexibility index (Phi) is 1.90. The van der Waals surface area contributed by atoms with E-state index in [2.05, 4.69) is 34.9 Å². The van der Waals surface area contributed by atoms with Crippen molar-refractivity contribution in [2.75, 3.05) is 6.54 Å². The first-order valence-electron chi connectivity index (χ1n) is 5.24. The van der Waals surface area contributed by atoms with Crippen LogP contribution >= 0.6 is 11.8 Å².